The van der Waals surface area contributed by atoms with Gasteiger partial charge in [-0.1, -0.05) is 24.3 Å². The average Bonchev–Trinajstić information content (AvgIpc) is 3.47. The Morgan fingerprint density at radius 3 is 2.80 bits per heavy atom. The van der Waals surface area contributed by atoms with Gasteiger partial charge in [0.25, 0.3) is 5.91 Å². The van der Waals surface area contributed by atoms with Crippen LogP contribution in [-0.4, -0.2) is 35.5 Å². The Bertz CT molecular complexity index is 1450. The van der Waals surface area contributed by atoms with E-state index >= 15 is 0 Å². The third kappa shape index (κ3) is 4.30. The van der Waals surface area contributed by atoms with Crippen molar-refractivity contribution in [3.63, 3.8) is 0 Å². The number of amides is 1. The lowest BCUT2D eigenvalue weighted by Crippen LogP contribution is -2.30. The molecule has 178 valence electrons. The van der Waals surface area contributed by atoms with Crippen LogP contribution in [0, 0.1) is 0 Å². The third-order valence-electron chi connectivity index (χ3n) is 5.85. The monoisotopic (exact) mass is 490 g/mol. The van der Waals surface area contributed by atoms with Crippen molar-refractivity contribution >= 4 is 45.3 Å². The molecule has 1 aliphatic rings. The summed E-state index contributed by atoms with van der Waals surface area (Å²) in [4.78, 5) is 43.4. The lowest BCUT2D eigenvalue weighted by Gasteiger charge is -2.16. The van der Waals surface area contributed by atoms with Crippen LogP contribution in [0.1, 0.15) is 45.7 Å². The normalized spacial score (nSPS) is 13.0. The summed E-state index contributed by atoms with van der Waals surface area (Å²) < 4.78 is 15.9. The van der Waals surface area contributed by atoms with Crippen molar-refractivity contribution in [2.45, 2.75) is 32.8 Å². The molecular formula is C26H22N2O6S. The molecule has 2 aromatic heterocycles. The Labute approximate surface area is 204 Å². The van der Waals surface area contributed by atoms with E-state index in [4.69, 9.17) is 13.9 Å². The number of carbonyl (C=O) groups excluding carboxylic acids is 3. The minimum absolute atomic E-state index is 0.220. The lowest BCUT2D eigenvalue weighted by molar-refractivity contribution is -0.123. The second-order valence-corrected chi connectivity index (χ2v) is 9.08. The van der Waals surface area contributed by atoms with E-state index in [1.807, 2.05) is 18.2 Å². The average molecular weight is 491 g/mol. The highest BCUT2D eigenvalue weighted by Crippen LogP contribution is 2.45. The standard InChI is InChI=1S/C26H22N2O6S/c1-3-32-26(31)21-18-10-8-15-6-4-5-7-17(15)22(18)35-24(21)28-23(29)14(2)34-25(30)16-9-11-20-19(12-16)27-13-33-20/h4-7,9,11-14H,3,8,10H2,1-2H3,(H,28,29). The van der Waals surface area contributed by atoms with Gasteiger partial charge in [-0.05, 0) is 61.6 Å². The van der Waals surface area contributed by atoms with E-state index in [1.54, 1.807) is 19.1 Å². The number of hydrogen-bond donors (Lipinski definition) is 1. The first kappa shape index (κ1) is 22.8. The van der Waals surface area contributed by atoms with Gasteiger partial charge in [0.15, 0.2) is 18.1 Å². The van der Waals surface area contributed by atoms with E-state index in [0.717, 1.165) is 22.4 Å². The smallest absolute Gasteiger partial charge is 0.341 e. The van der Waals surface area contributed by atoms with Crippen molar-refractivity contribution in [1.29, 1.82) is 0 Å². The molecule has 0 saturated heterocycles. The topological polar surface area (TPSA) is 108 Å². The maximum Gasteiger partial charge on any atom is 0.341 e. The van der Waals surface area contributed by atoms with Gasteiger partial charge in [-0.25, -0.2) is 14.6 Å². The SMILES string of the molecule is CCOC(=O)c1c(NC(=O)C(C)OC(=O)c2ccc3ocnc3c2)sc2c1CCc1ccccc1-2. The van der Waals surface area contributed by atoms with Crippen LogP contribution in [0.25, 0.3) is 21.5 Å². The first-order valence-corrected chi connectivity index (χ1v) is 12.0. The predicted octanol–water partition coefficient (Wildman–Crippen LogP) is 5.02. The molecule has 1 amide bonds. The fourth-order valence-electron chi connectivity index (χ4n) is 4.13. The minimum Gasteiger partial charge on any atom is -0.462 e. The number of carbonyl (C=O) groups is 3. The second kappa shape index (κ2) is 9.34. The molecule has 0 aliphatic heterocycles. The third-order valence-corrected chi connectivity index (χ3v) is 7.03. The largest absolute Gasteiger partial charge is 0.462 e. The van der Waals surface area contributed by atoms with Crippen LogP contribution in [0.3, 0.4) is 0 Å². The summed E-state index contributed by atoms with van der Waals surface area (Å²) in [6.45, 7) is 3.44. The Morgan fingerprint density at radius 2 is 1.97 bits per heavy atom. The van der Waals surface area contributed by atoms with Gasteiger partial charge < -0.3 is 19.2 Å². The quantitative estimate of drug-likeness (QED) is 0.378. The van der Waals surface area contributed by atoms with Crippen molar-refractivity contribution in [3.8, 4) is 10.4 Å². The maximum absolute atomic E-state index is 13.0. The van der Waals surface area contributed by atoms with E-state index in [-0.39, 0.29) is 12.2 Å². The summed E-state index contributed by atoms with van der Waals surface area (Å²) in [5.41, 5.74) is 4.79. The van der Waals surface area contributed by atoms with Crippen molar-refractivity contribution in [2.75, 3.05) is 11.9 Å². The molecule has 2 heterocycles. The first-order chi connectivity index (χ1) is 17.0. The van der Waals surface area contributed by atoms with Gasteiger partial charge in [0.05, 0.1) is 17.7 Å². The number of esters is 2. The zero-order valence-electron chi connectivity index (χ0n) is 19.1. The molecule has 0 bridgehead atoms. The van der Waals surface area contributed by atoms with Crippen LogP contribution in [0.4, 0.5) is 5.00 Å². The van der Waals surface area contributed by atoms with Gasteiger partial charge in [-0.15, -0.1) is 11.3 Å². The van der Waals surface area contributed by atoms with Crippen LogP contribution in [0.2, 0.25) is 0 Å². The number of rotatable bonds is 6. The molecule has 2 aromatic carbocycles. The number of aromatic nitrogens is 1. The molecular weight excluding hydrogens is 468 g/mol. The van der Waals surface area contributed by atoms with E-state index < -0.39 is 23.9 Å². The molecule has 0 fully saturated rings. The zero-order valence-corrected chi connectivity index (χ0v) is 19.9. The molecule has 8 nitrogen and oxygen atoms in total. The van der Waals surface area contributed by atoms with E-state index in [0.29, 0.717) is 28.1 Å². The van der Waals surface area contributed by atoms with Crippen LogP contribution in [-0.2, 0) is 27.1 Å². The number of fused-ring (bicyclic) bond motifs is 4. The van der Waals surface area contributed by atoms with Crippen molar-refractivity contribution in [1.82, 2.24) is 4.98 Å². The van der Waals surface area contributed by atoms with Gasteiger partial charge in [0.1, 0.15) is 10.5 Å². The fraction of sp³-hybridized carbons (Fsp3) is 0.231. The number of aryl methyl sites for hydroxylation is 1. The first-order valence-electron chi connectivity index (χ1n) is 11.2. The highest BCUT2D eigenvalue weighted by atomic mass is 32.1. The number of hydrogen-bond acceptors (Lipinski definition) is 8. The van der Waals surface area contributed by atoms with Gasteiger partial charge in [0, 0.05) is 4.88 Å². The summed E-state index contributed by atoms with van der Waals surface area (Å²) >= 11 is 1.33. The van der Waals surface area contributed by atoms with Gasteiger partial charge in [-0.3, -0.25) is 4.79 Å². The number of ether oxygens (including phenoxy) is 2. The fourth-order valence-corrected chi connectivity index (χ4v) is 5.43. The lowest BCUT2D eigenvalue weighted by atomic mass is 9.89. The van der Waals surface area contributed by atoms with E-state index in [2.05, 4.69) is 16.4 Å². The molecule has 1 aliphatic carbocycles. The van der Waals surface area contributed by atoms with Crippen LogP contribution >= 0.6 is 11.3 Å². The highest BCUT2D eigenvalue weighted by molar-refractivity contribution is 7.20. The Balaban J connectivity index is 1.38. The summed E-state index contributed by atoms with van der Waals surface area (Å²) in [6.07, 6.45) is 1.65. The molecule has 1 unspecified atom stereocenters. The van der Waals surface area contributed by atoms with E-state index in [1.165, 1.54) is 36.3 Å². The second-order valence-electron chi connectivity index (χ2n) is 8.06. The van der Waals surface area contributed by atoms with Gasteiger partial charge in [0.2, 0.25) is 0 Å². The predicted molar refractivity (Wildman–Crippen MR) is 131 cm³/mol. The number of oxazole rings is 1. The van der Waals surface area contributed by atoms with Crippen LogP contribution in [0.5, 0.6) is 0 Å². The number of thiophene rings is 1. The molecule has 5 rings (SSSR count). The highest BCUT2D eigenvalue weighted by Gasteiger charge is 2.31. The summed E-state index contributed by atoms with van der Waals surface area (Å²) in [5.74, 6) is -1.69. The molecule has 4 aromatic rings. The molecule has 35 heavy (non-hydrogen) atoms. The molecule has 0 radical (unpaired) electrons. The van der Waals surface area contributed by atoms with Gasteiger partial charge >= 0.3 is 11.9 Å². The summed E-state index contributed by atoms with van der Waals surface area (Å²) in [5, 5.41) is 3.18. The number of nitrogens with zero attached hydrogens (tertiary/aromatic N) is 1. The summed E-state index contributed by atoms with van der Waals surface area (Å²) in [6, 6.07) is 12.7. The van der Waals surface area contributed by atoms with Crippen molar-refractivity contribution < 1.29 is 28.3 Å². The zero-order chi connectivity index (χ0) is 24.5. The molecule has 0 spiro atoms. The molecule has 1 atom stereocenters. The Morgan fingerprint density at radius 1 is 1.14 bits per heavy atom. The van der Waals surface area contributed by atoms with Crippen LogP contribution < -0.4 is 5.32 Å². The maximum atomic E-state index is 13.0. The Hall–Kier alpha value is -3.98. The Kier molecular flexibility index (Phi) is 6.08. The molecule has 1 N–H and O–H groups in total. The van der Waals surface area contributed by atoms with Gasteiger partial charge in [-0.2, -0.15) is 0 Å². The molecule has 9 heteroatoms. The van der Waals surface area contributed by atoms with Crippen LogP contribution in [0.15, 0.2) is 53.3 Å². The van der Waals surface area contributed by atoms with Crippen molar-refractivity contribution in [3.05, 3.63) is 71.1 Å². The number of nitrogens with one attached hydrogen (secondary N) is 1. The number of anilines is 1. The molecule has 0 saturated carbocycles. The summed E-state index contributed by atoms with van der Waals surface area (Å²) in [7, 11) is 0. The number of benzene rings is 2. The van der Waals surface area contributed by atoms with Crippen molar-refractivity contribution in [2.24, 2.45) is 0 Å². The van der Waals surface area contributed by atoms with E-state index in [9.17, 15) is 14.4 Å². The minimum atomic E-state index is -1.10.